The maximum absolute atomic E-state index is 13.9. The number of ether oxygens (including phenoxy) is 1. The molecule has 0 aromatic heterocycles. The van der Waals surface area contributed by atoms with Crippen LogP contribution in [0.5, 0.6) is 0 Å². The van der Waals surface area contributed by atoms with Crippen LogP contribution in [0.15, 0.2) is 18.2 Å². The maximum atomic E-state index is 13.9. The number of anilines is 1. The van der Waals surface area contributed by atoms with Crippen LogP contribution in [-0.4, -0.2) is 17.7 Å². The van der Waals surface area contributed by atoms with Crippen LogP contribution in [0.25, 0.3) is 0 Å². The molecule has 1 fully saturated rings. The molecule has 0 spiro atoms. The first-order chi connectivity index (χ1) is 8.76. The van der Waals surface area contributed by atoms with Gasteiger partial charge in [-0.25, -0.2) is 9.18 Å². The highest BCUT2D eigenvalue weighted by Crippen LogP contribution is 2.40. The fourth-order valence-corrected chi connectivity index (χ4v) is 1.90. The van der Waals surface area contributed by atoms with E-state index < -0.39 is 11.7 Å². The van der Waals surface area contributed by atoms with Gasteiger partial charge in [-0.15, -0.1) is 0 Å². The molecule has 2 rings (SSSR count). The van der Waals surface area contributed by atoms with E-state index in [-0.39, 0.29) is 17.8 Å². The predicted molar refractivity (Wildman–Crippen MR) is 71.6 cm³/mol. The van der Waals surface area contributed by atoms with Crippen molar-refractivity contribution in [2.45, 2.75) is 44.8 Å². The molecule has 0 aliphatic heterocycles. The van der Waals surface area contributed by atoms with E-state index in [1.807, 2.05) is 0 Å². The maximum Gasteiger partial charge on any atom is 0.412 e. The molecule has 1 saturated carbocycles. The smallest absolute Gasteiger partial charge is 0.412 e. The molecule has 0 bridgehead atoms. The van der Waals surface area contributed by atoms with Crippen molar-refractivity contribution in [3.63, 3.8) is 0 Å². The van der Waals surface area contributed by atoms with Crippen molar-refractivity contribution in [3.05, 3.63) is 29.6 Å². The third-order valence-corrected chi connectivity index (χ3v) is 2.89. The van der Waals surface area contributed by atoms with Gasteiger partial charge in [0.25, 0.3) is 0 Å². The quantitative estimate of drug-likeness (QED) is 0.865. The number of nitrogens with two attached hydrogens (primary N) is 1. The summed E-state index contributed by atoms with van der Waals surface area (Å²) in [6.07, 6.45) is 0.221. The van der Waals surface area contributed by atoms with Crippen molar-refractivity contribution in [2.24, 2.45) is 5.73 Å². The molecule has 5 heteroatoms. The van der Waals surface area contributed by atoms with Gasteiger partial charge >= 0.3 is 6.09 Å². The van der Waals surface area contributed by atoms with Gasteiger partial charge in [0.2, 0.25) is 0 Å². The van der Waals surface area contributed by atoms with Crippen molar-refractivity contribution in [1.29, 1.82) is 0 Å². The predicted octanol–water partition coefficient (Wildman–Crippen LogP) is 2.99. The van der Waals surface area contributed by atoms with E-state index in [9.17, 15) is 9.18 Å². The summed E-state index contributed by atoms with van der Waals surface area (Å²) in [4.78, 5) is 11.5. The summed E-state index contributed by atoms with van der Waals surface area (Å²) in [5.41, 5.74) is 6.11. The molecule has 1 amide bonds. The molecule has 1 aromatic carbocycles. The number of hydrogen-bond acceptors (Lipinski definition) is 3. The number of benzene rings is 1. The largest absolute Gasteiger partial charge is 0.444 e. The van der Waals surface area contributed by atoms with Crippen LogP contribution in [0.1, 0.15) is 38.7 Å². The third kappa shape index (κ3) is 3.67. The van der Waals surface area contributed by atoms with Crippen LogP contribution in [0.2, 0.25) is 0 Å². The molecule has 3 N–H and O–H groups in total. The monoisotopic (exact) mass is 266 g/mol. The van der Waals surface area contributed by atoms with Crippen molar-refractivity contribution in [3.8, 4) is 0 Å². The molecule has 1 aromatic rings. The summed E-state index contributed by atoms with van der Waals surface area (Å²) in [6, 6.07) is 4.68. The van der Waals surface area contributed by atoms with Crippen LogP contribution in [0, 0.1) is 5.82 Å². The zero-order chi connectivity index (χ0) is 14.2. The van der Waals surface area contributed by atoms with Gasteiger partial charge < -0.3 is 10.5 Å². The Kier molecular flexibility index (Phi) is 3.49. The fourth-order valence-electron chi connectivity index (χ4n) is 1.90. The Morgan fingerprint density at radius 1 is 1.47 bits per heavy atom. The second kappa shape index (κ2) is 4.81. The number of rotatable bonds is 2. The standard InChI is InChI=1S/C14H19FN2O2/c1-14(2,3)19-13(18)17-8-4-5-9(11(15)6-8)10-7-12(10)16/h4-6,10,12H,7,16H2,1-3H3,(H,17,18). The zero-order valence-electron chi connectivity index (χ0n) is 11.4. The SMILES string of the molecule is CC(C)(C)OC(=O)Nc1ccc(C2CC2N)c(F)c1. The number of carbonyl (C=O) groups excluding carboxylic acids is 1. The number of hydrogen-bond donors (Lipinski definition) is 2. The van der Waals surface area contributed by atoms with Gasteiger partial charge in [-0.2, -0.15) is 0 Å². The van der Waals surface area contributed by atoms with E-state index in [2.05, 4.69) is 5.32 Å². The number of amides is 1. The number of carbonyl (C=O) groups is 1. The minimum absolute atomic E-state index is 0.0548. The van der Waals surface area contributed by atoms with Crippen LogP contribution in [0.4, 0.5) is 14.9 Å². The van der Waals surface area contributed by atoms with Gasteiger partial charge in [-0.3, -0.25) is 5.32 Å². The average molecular weight is 266 g/mol. The van der Waals surface area contributed by atoms with Crippen LogP contribution < -0.4 is 11.1 Å². The van der Waals surface area contributed by atoms with E-state index in [1.54, 1.807) is 32.9 Å². The van der Waals surface area contributed by atoms with Crippen molar-refractivity contribution in [2.75, 3.05) is 5.32 Å². The highest BCUT2D eigenvalue weighted by atomic mass is 19.1. The van der Waals surface area contributed by atoms with E-state index in [0.717, 1.165) is 6.42 Å². The Hall–Kier alpha value is -1.62. The van der Waals surface area contributed by atoms with E-state index in [1.165, 1.54) is 6.07 Å². The second-order valence-corrected chi connectivity index (χ2v) is 5.87. The van der Waals surface area contributed by atoms with Crippen LogP contribution in [0.3, 0.4) is 0 Å². The molecular weight excluding hydrogens is 247 g/mol. The topological polar surface area (TPSA) is 64.3 Å². The van der Waals surface area contributed by atoms with Gasteiger partial charge in [0.15, 0.2) is 0 Å². The molecule has 1 aliphatic rings. The summed E-state index contributed by atoms with van der Waals surface area (Å²) < 4.78 is 19.0. The molecule has 19 heavy (non-hydrogen) atoms. The Labute approximate surface area is 112 Å². The first-order valence-electron chi connectivity index (χ1n) is 6.31. The molecular formula is C14H19FN2O2. The summed E-state index contributed by atoms with van der Waals surface area (Å²) in [5, 5.41) is 2.50. The minimum atomic E-state index is -0.595. The molecule has 0 radical (unpaired) electrons. The third-order valence-electron chi connectivity index (χ3n) is 2.89. The molecule has 104 valence electrons. The lowest BCUT2D eigenvalue weighted by atomic mass is 10.1. The molecule has 4 nitrogen and oxygen atoms in total. The Balaban J connectivity index is 2.02. The Morgan fingerprint density at radius 3 is 2.58 bits per heavy atom. The van der Waals surface area contributed by atoms with Gasteiger partial charge in [0.1, 0.15) is 11.4 Å². The fraction of sp³-hybridized carbons (Fsp3) is 0.500. The Bertz CT molecular complexity index is 497. The van der Waals surface area contributed by atoms with Gasteiger partial charge in [-0.05, 0) is 44.9 Å². The number of nitrogens with one attached hydrogen (secondary N) is 1. The zero-order valence-corrected chi connectivity index (χ0v) is 11.4. The average Bonchev–Trinajstić information content (AvgIpc) is 2.92. The summed E-state index contributed by atoms with van der Waals surface area (Å²) in [6.45, 7) is 5.31. The first-order valence-corrected chi connectivity index (χ1v) is 6.31. The van der Waals surface area contributed by atoms with Crippen molar-refractivity contribution in [1.82, 2.24) is 0 Å². The molecule has 0 saturated heterocycles. The van der Waals surface area contributed by atoms with Gasteiger partial charge in [0.05, 0.1) is 0 Å². The lowest BCUT2D eigenvalue weighted by Gasteiger charge is -2.19. The van der Waals surface area contributed by atoms with Crippen LogP contribution in [-0.2, 0) is 4.74 Å². The summed E-state index contributed by atoms with van der Waals surface area (Å²) in [5.74, 6) is -0.234. The van der Waals surface area contributed by atoms with Crippen molar-refractivity contribution < 1.29 is 13.9 Å². The molecule has 2 atom stereocenters. The highest BCUT2D eigenvalue weighted by Gasteiger charge is 2.36. The Morgan fingerprint density at radius 2 is 2.11 bits per heavy atom. The second-order valence-electron chi connectivity index (χ2n) is 5.87. The van der Waals surface area contributed by atoms with E-state index >= 15 is 0 Å². The van der Waals surface area contributed by atoms with Gasteiger partial charge in [-0.1, -0.05) is 6.07 Å². The summed E-state index contributed by atoms with van der Waals surface area (Å²) >= 11 is 0. The minimum Gasteiger partial charge on any atom is -0.444 e. The van der Waals surface area contributed by atoms with Crippen LogP contribution >= 0.6 is 0 Å². The number of halogens is 1. The lowest BCUT2D eigenvalue weighted by molar-refractivity contribution is 0.0636. The normalized spacial score (nSPS) is 21.9. The molecule has 0 heterocycles. The van der Waals surface area contributed by atoms with E-state index in [0.29, 0.717) is 11.3 Å². The van der Waals surface area contributed by atoms with E-state index in [4.69, 9.17) is 10.5 Å². The highest BCUT2D eigenvalue weighted by molar-refractivity contribution is 5.84. The summed E-state index contributed by atoms with van der Waals surface area (Å²) in [7, 11) is 0. The lowest BCUT2D eigenvalue weighted by Crippen LogP contribution is -2.27. The molecule has 1 aliphatic carbocycles. The first kappa shape index (κ1) is 13.8. The van der Waals surface area contributed by atoms with Crippen molar-refractivity contribution >= 4 is 11.8 Å². The van der Waals surface area contributed by atoms with Gasteiger partial charge in [0, 0.05) is 17.6 Å². The molecule has 2 unspecified atom stereocenters.